The minimum atomic E-state index is -0.910. The molecule has 0 aliphatic heterocycles. The predicted octanol–water partition coefficient (Wildman–Crippen LogP) is 1.15. The molecule has 3 N–H and O–H groups in total. The van der Waals surface area contributed by atoms with Crippen LogP contribution in [-0.2, 0) is 11.8 Å². The summed E-state index contributed by atoms with van der Waals surface area (Å²) in [5, 5.41) is 9.05. The average molecular weight is 203 g/mol. The molecule has 0 fully saturated rings. The van der Waals surface area contributed by atoms with Crippen molar-refractivity contribution in [1.29, 1.82) is 0 Å². The molecule has 72 valence electrons. The van der Waals surface area contributed by atoms with Crippen molar-refractivity contribution in [3.05, 3.63) is 23.0 Å². The summed E-state index contributed by atoms with van der Waals surface area (Å²) in [5.41, 5.74) is 6.37. The molecule has 0 amide bonds. The standard InChI is InChI=1S/C8H11ClN2O2/c1-11-4-5(2-7(11)9)6(10)3-8(12)13/h2,4,6H,3,10H2,1H3,(H,12,13). The SMILES string of the molecule is Cn1cc(C(N)CC(=O)O)cc1Cl. The lowest BCUT2D eigenvalue weighted by atomic mass is 10.1. The van der Waals surface area contributed by atoms with Crippen LogP contribution in [0.2, 0.25) is 5.15 Å². The largest absolute Gasteiger partial charge is 0.481 e. The number of nitrogens with two attached hydrogens (primary N) is 1. The van der Waals surface area contributed by atoms with Crippen LogP contribution in [0.5, 0.6) is 0 Å². The van der Waals surface area contributed by atoms with Gasteiger partial charge in [0.25, 0.3) is 0 Å². The Hall–Kier alpha value is -1.00. The number of aromatic nitrogens is 1. The average Bonchev–Trinajstić information content (AvgIpc) is 2.31. The second kappa shape index (κ2) is 3.81. The van der Waals surface area contributed by atoms with Crippen molar-refractivity contribution >= 4 is 17.6 Å². The summed E-state index contributed by atoms with van der Waals surface area (Å²) >= 11 is 5.77. The van der Waals surface area contributed by atoms with Crippen molar-refractivity contribution in [1.82, 2.24) is 4.57 Å². The Morgan fingerprint density at radius 1 is 1.85 bits per heavy atom. The smallest absolute Gasteiger partial charge is 0.305 e. The third kappa shape index (κ3) is 2.47. The zero-order valence-electron chi connectivity index (χ0n) is 7.20. The summed E-state index contributed by atoms with van der Waals surface area (Å²) < 4.78 is 1.69. The summed E-state index contributed by atoms with van der Waals surface area (Å²) in [7, 11) is 1.78. The molecule has 1 aromatic rings. The zero-order chi connectivity index (χ0) is 10.0. The van der Waals surface area contributed by atoms with Crippen molar-refractivity contribution in [2.75, 3.05) is 0 Å². The number of aryl methyl sites for hydroxylation is 1. The van der Waals surface area contributed by atoms with Crippen LogP contribution in [0.15, 0.2) is 12.3 Å². The lowest BCUT2D eigenvalue weighted by molar-refractivity contribution is -0.137. The molecule has 1 heterocycles. The number of hydrogen-bond donors (Lipinski definition) is 2. The van der Waals surface area contributed by atoms with Gasteiger partial charge < -0.3 is 15.4 Å². The lowest BCUT2D eigenvalue weighted by Gasteiger charge is -2.04. The second-order valence-electron chi connectivity index (χ2n) is 2.91. The first-order valence-corrected chi connectivity index (χ1v) is 4.17. The van der Waals surface area contributed by atoms with Crippen molar-refractivity contribution in [2.45, 2.75) is 12.5 Å². The van der Waals surface area contributed by atoms with E-state index in [0.717, 1.165) is 5.56 Å². The zero-order valence-corrected chi connectivity index (χ0v) is 7.95. The van der Waals surface area contributed by atoms with Crippen LogP contribution in [0.25, 0.3) is 0 Å². The fourth-order valence-corrected chi connectivity index (χ4v) is 1.25. The van der Waals surface area contributed by atoms with Gasteiger partial charge in [0.1, 0.15) is 5.15 Å². The van der Waals surface area contributed by atoms with E-state index in [-0.39, 0.29) is 6.42 Å². The highest BCUT2D eigenvalue weighted by Crippen LogP contribution is 2.19. The molecular weight excluding hydrogens is 192 g/mol. The Bertz CT molecular complexity index is 302. The highest BCUT2D eigenvalue weighted by Gasteiger charge is 2.12. The van der Waals surface area contributed by atoms with Gasteiger partial charge in [-0.05, 0) is 11.6 Å². The third-order valence-electron chi connectivity index (χ3n) is 1.79. The molecular formula is C8H11ClN2O2. The second-order valence-corrected chi connectivity index (χ2v) is 3.30. The molecule has 0 aliphatic rings. The van der Waals surface area contributed by atoms with E-state index in [2.05, 4.69) is 0 Å². The van der Waals surface area contributed by atoms with Crippen LogP contribution < -0.4 is 5.73 Å². The van der Waals surface area contributed by atoms with E-state index >= 15 is 0 Å². The van der Waals surface area contributed by atoms with Gasteiger partial charge in [-0.3, -0.25) is 4.79 Å². The van der Waals surface area contributed by atoms with E-state index in [1.807, 2.05) is 0 Å². The molecule has 1 rings (SSSR count). The van der Waals surface area contributed by atoms with Crippen LogP contribution in [0.3, 0.4) is 0 Å². The van der Waals surface area contributed by atoms with E-state index < -0.39 is 12.0 Å². The van der Waals surface area contributed by atoms with E-state index in [4.69, 9.17) is 22.4 Å². The molecule has 0 aliphatic carbocycles. The van der Waals surface area contributed by atoms with Crippen molar-refractivity contribution in [3.8, 4) is 0 Å². The maximum atomic E-state index is 10.4. The number of carboxylic acids is 1. The van der Waals surface area contributed by atoms with Crippen molar-refractivity contribution in [2.24, 2.45) is 12.8 Å². The Balaban J connectivity index is 2.77. The van der Waals surface area contributed by atoms with Gasteiger partial charge in [0.15, 0.2) is 0 Å². The predicted molar refractivity (Wildman–Crippen MR) is 49.6 cm³/mol. The van der Waals surface area contributed by atoms with E-state index in [0.29, 0.717) is 5.15 Å². The Morgan fingerprint density at radius 2 is 2.46 bits per heavy atom. The molecule has 1 aromatic heterocycles. The van der Waals surface area contributed by atoms with Crippen LogP contribution in [0.4, 0.5) is 0 Å². The highest BCUT2D eigenvalue weighted by molar-refractivity contribution is 6.29. The number of nitrogens with zero attached hydrogens (tertiary/aromatic N) is 1. The Labute approximate surface area is 80.9 Å². The fourth-order valence-electron chi connectivity index (χ4n) is 1.07. The van der Waals surface area contributed by atoms with Gasteiger partial charge >= 0.3 is 5.97 Å². The van der Waals surface area contributed by atoms with Crippen molar-refractivity contribution in [3.63, 3.8) is 0 Å². The highest BCUT2D eigenvalue weighted by atomic mass is 35.5. The number of rotatable bonds is 3. The molecule has 0 saturated carbocycles. The van der Waals surface area contributed by atoms with Crippen LogP contribution in [-0.4, -0.2) is 15.6 Å². The summed E-state index contributed by atoms with van der Waals surface area (Å²) in [5.74, 6) is -0.910. The summed E-state index contributed by atoms with van der Waals surface area (Å²) in [6.45, 7) is 0. The molecule has 5 heteroatoms. The Morgan fingerprint density at radius 3 is 2.85 bits per heavy atom. The summed E-state index contributed by atoms with van der Waals surface area (Å²) in [6.07, 6.45) is 1.65. The van der Waals surface area contributed by atoms with Crippen molar-refractivity contribution < 1.29 is 9.90 Å². The monoisotopic (exact) mass is 202 g/mol. The Kier molecular flexibility index (Phi) is 2.95. The number of carboxylic acid groups (broad SMARTS) is 1. The summed E-state index contributed by atoms with van der Waals surface area (Å²) in [6, 6.07) is 1.19. The quantitative estimate of drug-likeness (QED) is 0.773. The molecule has 1 unspecified atom stereocenters. The van der Waals surface area contributed by atoms with Gasteiger partial charge in [-0.2, -0.15) is 0 Å². The fraction of sp³-hybridized carbons (Fsp3) is 0.375. The molecule has 0 spiro atoms. The molecule has 13 heavy (non-hydrogen) atoms. The van der Waals surface area contributed by atoms with Crippen LogP contribution >= 0.6 is 11.6 Å². The molecule has 4 nitrogen and oxygen atoms in total. The van der Waals surface area contributed by atoms with Gasteiger partial charge in [0.2, 0.25) is 0 Å². The maximum absolute atomic E-state index is 10.4. The van der Waals surface area contributed by atoms with E-state index in [1.54, 1.807) is 23.9 Å². The topological polar surface area (TPSA) is 68.2 Å². The molecule has 0 aromatic carbocycles. The number of carbonyl (C=O) groups is 1. The van der Waals surface area contributed by atoms with Crippen LogP contribution in [0, 0.1) is 0 Å². The van der Waals surface area contributed by atoms with Gasteiger partial charge in [0.05, 0.1) is 6.42 Å². The first-order valence-electron chi connectivity index (χ1n) is 3.80. The molecule has 0 radical (unpaired) electrons. The van der Waals surface area contributed by atoms with Gasteiger partial charge in [-0.25, -0.2) is 0 Å². The molecule has 0 bridgehead atoms. The number of hydrogen-bond acceptors (Lipinski definition) is 2. The minimum absolute atomic E-state index is 0.0830. The minimum Gasteiger partial charge on any atom is -0.481 e. The maximum Gasteiger partial charge on any atom is 0.305 e. The lowest BCUT2D eigenvalue weighted by Crippen LogP contribution is -2.14. The molecule has 0 saturated heterocycles. The third-order valence-corrected chi connectivity index (χ3v) is 2.16. The van der Waals surface area contributed by atoms with Crippen LogP contribution in [0.1, 0.15) is 18.0 Å². The van der Waals surface area contributed by atoms with E-state index in [9.17, 15) is 4.79 Å². The van der Waals surface area contributed by atoms with Gasteiger partial charge in [0, 0.05) is 19.3 Å². The first kappa shape index (κ1) is 10.1. The van der Waals surface area contributed by atoms with E-state index in [1.165, 1.54) is 0 Å². The normalized spacial score (nSPS) is 12.8. The van der Waals surface area contributed by atoms with Gasteiger partial charge in [-0.1, -0.05) is 11.6 Å². The molecule has 1 atom stereocenters. The number of halogens is 1. The summed E-state index contributed by atoms with van der Waals surface area (Å²) in [4.78, 5) is 10.4. The number of aliphatic carboxylic acids is 1. The van der Waals surface area contributed by atoms with Gasteiger partial charge in [-0.15, -0.1) is 0 Å². The first-order chi connectivity index (χ1) is 6.00.